The second-order valence-corrected chi connectivity index (χ2v) is 6.78. The first-order valence-electron chi connectivity index (χ1n) is 8.29. The molecular weight excluding hydrogens is 331 g/mol. The van der Waals surface area contributed by atoms with Gasteiger partial charge < -0.3 is 9.67 Å². The van der Waals surface area contributed by atoms with E-state index in [0.717, 1.165) is 23.7 Å². The zero-order valence-corrected chi connectivity index (χ0v) is 14.3. The Hall–Kier alpha value is -1.86. The monoisotopic (exact) mass is 353 g/mol. The minimum Gasteiger partial charge on any atom is -0.385 e. The van der Waals surface area contributed by atoms with Crippen LogP contribution in [-0.2, 0) is 25.4 Å². The summed E-state index contributed by atoms with van der Waals surface area (Å²) in [6.45, 7) is 3.84. The summed E-state index contributed by atoms with van der Waals surface area (Å²) < 4.78 is 40.7. The smallest absolute Gasteiger partial charge is 0.385 e. The Labute approximate surface area is 144 Å². The molecule has 1 aromatic heterocycles. The summed E-state index contributed by atoms with van der Waals surface area (Å²) in [6, 6.07) is 5.04. The maximum atomic E-state index is 12.9. The van der Waals surface area contributed by atoms with Gasteiger partial charge in [0.1, 0.15) is 5.82 Å². The minimum atomic E-state index is -4.40. The molecule has 1 aromatic carbocycles. The fourth-order valence-electron chi connectivity index (χ4n) is 3.29. The van der Waals surface area contributed by atoms with Crippen LogP contribution in [0.25, 0.3) is 0 Å². The van der Waals surface area contributed by atoms with E-state index in [2.05, 4.69) is 9.88 Å². The van der Waals surface area contributed by atoms with E-state index in [-0.39, 0.29) is 0 Å². The molecule has 0 bridgehead atoms. The Balaban J connectivity index is 1.68. The lowest BCUT2D eigenvalue weighted by Crippen LogP contribution is -2.42. The van der Waals surface area contributed by atoms with Gasteiger partial charge in [0.05, 0.1) is 16.9 Å². The van der Waals surface area contributed by atoms with Gasteiger partial charge in [0.25, 0.3) is 0 Å². The molecule has 0 radical (unpaired) electrons. The summed E-state index contributed by atoms with van der Waals surface area (Å²) in [5, 5.41) is 10.9. The number of likely N-dealkylation sites (tertiary alicyclic amines) is 1. The van der Waals surface area contributed by atoms with Gasteiger partial charge in [-0.3, -0.25) is 4.90 Å². The van der Waals surface area contributed by atoms with Gasteiger partial charge in [-0.1, -0.05) is 12.1 Å². The number of benzene rings is 1. The van der Waals surface area contributed by atoms with Crippen molar-refractivity contribution < 1.29 is 18.3 Å². The van der Waals surface area contributed by atoms with Crippen LogP contribution in [0.15, 0.2) is 30.5 Å². The Bertz CT molecular complexity index is 727. The predicted octanol–water partition coefficient (Wildman–Crippen LogP) is 3.23. The van der Waals surface area contributed by atoms with Gasteiger partial charge in [-0.25, -0.2) is 4.98 Å². The summed E-state index contributed by atoms with van der Waals surface area (Å²) in [7, 11) is 1.94. The third-order valence-electron chi connectivity index (χ3n) is 4.95. The molecule has 2 aromatic rings. The normalized spacial score (nSPS) is 18.5. The molecule has 0 saturated carbocycles. The van der Waals surface area contributed by atoms with Crippen molar-refractivity contribution in [3.05, 3.63) is 53.1 Å². The first-order chi connectivity index (χ1) is 11.7. The van der Waals surface area contributed by atoms with E-state index in [1.165, 1.54) is 6.07 Å². The van der Waals surface area contributed by atoms with Crippen LogP contribution >= 0.6 is 0 Å². The summed E-state index contributed by atoms with van der Waals surface area (Å²) in [4.78, 5) is 6.64. The highest BCUT2D eigenvalue weighted by atomic mass is 19.4. The molecular formula is C18H22F3N3O. The third-order valence-corrected chi connectivity index (χ3v) is 4.95. The minimum absolute atomic E-state index is 0.343. The van der Waals surface area contributed by atoms with E-state index in [1.54, 1.807) is 6.07 Å². The van der Waals surface area contributed by atoms with Crippen molar-refractivity contribution in [3.63, 3.8) is 0 Å². The first-order valence-corrected chi connectivity index (χ1v) is 8.29. The lowest BCUT2D eigenvalue weighted by molar-refractivity contribution is -0.137. The van der Waals surface area contributed by atoms with Gasteiger partial charge in [0.15, 0.2) is 0 Å². The molecule has 0 atom stereocenters. The molecule has 1 aliphatic heterocycles. The molecule has 4 nitrogen and oxygen atoms in total. The van der Waals surface area contributed by atoms with Crippen LogP contribution in [0, 0.1) is 6.92 Å². The zero-order chi connectivity index (χ0) is 18.2. The number of alkyl halides is 3. The van der Waals surface area contributed by atoms with E-state index < -0.39 is 17.3 Å². The summed E-state index contributed by atoms with van der Waals surface area (Å²) in [6.07, 6.45) is -1.62. The van der Waals surface area contributed by atoms with Crippen LogP contribution in [0.2, 0.25) is 0 Å². The van der Waals surface area contributed by atoms with Gasteiger partial charge in [-0.05, 0) is 37.5 Å². The van der Waals surface area contributed by atoms with E-state index in [9.17, 15) is 18.3 Å². The number of piperidine rings is 1. The molecule has 1 fully saturated rings. The number of hydrogen-bond acceptors (Lipinski definition) is 3. The van der Waals surface area contributed by atoms with E-state index >= 15 is 0 Å². The number of imidazole rings is 1. The van der Waals surface area contributed by atoms with Crippen LogP contribution in [0.3, 0.4) is 0 Å². The van der Waals surface area contributed by atoms with Gasteiger partial charge in [-0.15, -0.1) is 0 Å². The van der Waals surface area contributed by atoms with Crippen LogP contribution in [0.5, 0.6) is 0 Å². The summed E-state index contributed by atoms with van der Waals surface area (Å²) >= 11 is 0. The highest BCUT2D eigenvalue weighted by Crippen LogP contribution is 2.36. The molecule has 25 heavy (non-hydrogen) atoms. The van der Waals surface area contributed by atoms with Crippen molar-refractivity contribution in [2.75, 3.05) is 13.1 Å². The van der Waals surface area contributed by atoms with Crippen LogP contribution < -0.4 is 0 Å². The van der Waals surface area contributed by atoms with Gasteiger partial charge in [0.2, 0.25) is 0 Å². The molecule has 3 rings (SSSR count). The van der Waals surface area contributed by atoms with Crippen molar-refractivity contribution in [1.82, 2.24) is 14.5 Å². The number of hydrogen-bond donors (Lipinski definition) is 1. The molecule has 1 saturated heterocycles. The van der Waals surface area contributed by atoms with Crippen molar-refractivity contribution >= 4 is 0 Å². The largest absolute Gasteiger partial charge is 0.416 e. The van der Waals surface area contributed by atoms with E-state index in [4.69, 9.17) is 0 Å². The SMILES string of the molecule is Cc1nc(CN2CCC(O)(c3cccc(C(F)(F)F)c3)CC2)cn1C. The Morgan fingerprint density at radius 2 is 1.92 bits per heavy atom. The zero-order valence-electron chi connectivity index (χ0n) is 14.3. The molecule has 136 valence electrons. The quantitative estimate of drug-likeness (QED) is 0.921. The maximum absolute atomic E-state index is 12.9. The van der Waals surface area contributed by atoms with Crippen LogP contribution in [-0.4, -0.2) is 32.6 Å². The van der Waals surface area contributed by atoms with Crippen LogP contribution in [0.1, 0.15) is 35.5 Å². The fourth-order valence-corrected chi connectivity index (χ4v) is 3.29. The summed E-state index contributed by atoms with van der Waals surface area (Å²) in [5.41, 5.74) is -0.623. The number of aromatic nitrogens is 2. The lowest BCUT2D eigenvalue weighted by Gasteiger charge is -2.38. The van der Waals surface area contributed by atoms with Crippen molar-refractivity contribution in [3.8, 4) is 0 Å². The van der Waals surface area contributed by atoms with E-state index in [1.807, 2.05) is 24.7 Å². The van der Waals surface area contributed by atoms with Gasteiger partial charge in [0, 0.05) is 32.9 Å². The van der Waals surface area contributed by atoms with Gasteiger partial charge in [-0.2, -0.15) is 13.2 Å². The fraction of sp³-hybridized carbons (Fsp3) is 0.500. The van der Waals surface area contributed by atoms with Crippen molar-refractivity contribution in [2.45, 2.75) is 38.1 Å². The van der Waals surface area contributed by atoms with Crippen LogP contribution in [0.4, 0.5) is 13.2 Å². The number of halogens is 3. The highest BCUT2D eigenvalue weighted by Gasteiger charge is 2.37. The standard InChI is InChI=1S/C18H22F3N3O/c1-13-22-16(11-23(13)2)12-24-8-6-17(25,7-9-24)14-4-3-5-15(10-14)18(19,20)21/h3-5,10-11,25H,6-9,12H2,1-2H3. The Kier molecular flexibility index (Phi) is 4.64. The first kappa shape index (κ1) is 17.9. The Morgan fingerprint density at radius 3 is 2.48 bits per heavy atom. The topological polar surface area (TPSA) is 41.3 Å². The molecule has 1 aliphatic rings. The number of aliphatic hydroxyl groups is 1. The molecule has 0 amide bonds. The average Bonchev–Trinajstić information content (AvgIpc) is 2.87. The second kappa shape index (κ2) is 6.46. The number of rotatable bonds is 3. The lowest BCUT2D eigenvalue weighted by atomic mass is 9.83. The third kappa shape index (κ3) is 3.88. The molecule has 0 spiro atoms. The van der Waals surface area contributed by atoms with Crippen molar-refractivity contribution in [2.24, 2.45) is 7.05 Å². The molecule has 1 N–H and O–H groups in total. The van der Waals surface area contributed by atoms with E-state index in [0.29, 0.717) is 38.0 Å². The Morgan fingerprint density at radius 1 is 1.24 bits per heavy atom. The number of nitrogens with zero attached hydrogens (tertiary/aromatic N) is 3. The average molecular weight is 353 g/mol. The second-order valence-electron chi connectivity index (χ2n) is 6.78. The maximum Gasteiger partial charge on any atom is 0.416 e. The highest BCUT2D eigenvalue weighted by molar-refractivity contribution is 5.30. The predicted molar refractivity (Wildman–Crippen MR) is 87.8 cm³/mol. The number of aryl methyl sites for hydroxylation is 2. The van der Waals surface area contributed by atoms with Gasteiger partial charge >= 0.3 is 6.18 Å². The van der Waals surface area contributed by atoms with Crippen molar-refractivity contribution in [1.29, 1.82) is 0 Å². The molecule has 7 heteroatoms. The summed E-state index contributed by atoms with van der Waals surface area (Å²) in [5.74, 6) is 0.937. The molecule has 2 heterocycles. The molecule has 0 aliphatic carbocycles. The molecule has 0 unspecified atom stereocenters.